The summed E-state index contributed by atoms with van der Waals surface area (Å²) < 4.78 is 5.26. The SMILES string of the molecule is CN=C(NCCSC)NCC1(CCOC)CCCC1. The van der Waals surface area contributed by atoms with Crippen LogP contribution in [0, 0.1) is 5.41 Å². The van der Waals surface area contributed by atoms with Gasteiger partial charge in [-0.2, -0.15) is 11.8 Å². The Balaban J connectivity index is 2.37. The molecule has 1 aliphatic rings. The molecule has 1 fully saturated rings. The summed E-state index contributed by atoms with van der Waals surface area (Å²) in [4.78, 5) is 4.29. The zero-order valence-corrected chi connectivity index (χ0v) is 13.4. The molecule has 0 amide bonds. The van der Waals surface area contributed by atoms with Gasteiger partial charge in [0.1, 0.15) is 0 Å². The average molecular weight is 287 g/mol. The van der Waals surface area contributed by atoms with E-state index in [0.29, 0.717) is 5.41 Å². The quantitative estimate of drug-likeness (QED) is 0.408. The molecule has 0 aromatic carbocycles. The molecular formula is C14H29N3OS. The van der Waals surface area contributed by atoms with Crippen molar-refractivity contribution in [2.75, 3.05) is 45.9 Å². The van der Waals surface area contributed by atoms with Gasteiger partial charge in [-0.15, -0.1) is 0 Å². The highest BCUT2D eigenvalue weighted by Crippen LogP contribution is 2.40. The minimum Gasteiger partial charge on any atom is -0.385 e. The Hall–Kier alpha value is -0.420. The summed E-state index contributed by atoms with van der Waals surface area (Å²) in [5, 5.41) is 6.85. The van der Waals surface area contributed by atoms with Crippen LogP contribution in [0.25, 0.3) is 0 Å². The fourth-order valence-corrected chi connectivity index (χ4v) is 3.03. The number of nitrogens with zero attached hydrogens (tertiary/aromatic N) is 1. The number of hydrogen-bond donors (Lipinski definition) is 2. The van der Waals surface area contributed by atoms with Crippen LogP contribution in [0.5, 0.6) is 0 Å². The molecule has 0 spiro atoms. The van der Waals surface area contributed by atoms with Crippen molar-refractivity contribution in [1.82, 2.24) is 10.6 Å². The van der Waals surface area contributed by atoms with E-state index < -0.39 is 0 Å². The molecule has 0 unspecified atom stereocenters. The van der Waals surface area contributed by atoms with Crippen LogP contribution in [0.3, 0.4) is 0 Å². The third-order valence-electron chi connectivity index (χ3n) is 3.95. The molecule has 0 saturated heterocycles. The standard InChI is InChI=1S/C14H29N3OS/c1-15-13(16-9-11-19-3)17-12-14(8-10-18-2)6-4-5-7-14/h4-12H2,1-3H3,(H2,15,16,17). The lowest BCUT2D eigenvalue weighted by Gasteiger charge is -2.29. The molecule has 2 N–H and O–H groups in total. The van der Waals surface area contributed by atoms with Gasteiger partial charge in [0.05, 0.1) is 0 Å². The minimum atomic E-state index is 0.410. The summed E-state index contributed by atoms with van der Waals surface area (Å²) in [6, 6.07) is 0. The number of rotatable bonds is 8. The van der Waals surface area contributed by atoms with Crippen molar-refractivity contribution in [3.05, 3.63) is 0 Å². The molecule has 0 heterocycles. The first kappa shape index (κ1) is 16.6. The Labute approximate surface area is 122 Å². The molecule has 0 atom stereocenters. The smallest absolute Gasteiger partial charge is 0.191 e. The lowest BCUT2D eigenvalue weighted by atomic mass is 9.83. The van der Waals surface area contributed by atoms with Gasteiger partial charge in [0, 0.05) is 39.6 Å². The van der Waals surface area contributed by atoms with E-state index in [1.165, 1.54) is 25.7 Å². The predicted octanol–water partition coefficient (Wildman–Crippen LogP) is 2.11. The van der Waals surface area contributed by atoms with Crippen molar-refractivity contribution in [2.24, 2.45) is 10.4 Å². The molecule has 112 valence electrons. The second-order valence-corrected chi connectivity index (χ2v) is 6.28. The van der Waals surface area contributed by atoms with Crippen LogP contribution < -0.4 is 10.6 Å². The van der Waals surface area contributed by atoms with Gasteiger partial charge in [0.15, 0.2) is 5.96 Å². The van der Waals surface area contributed by atoms with Crippen molar-refractivity contribution in [1.29, 1.82) is 0 Å². The van der Waals surface area contributed by atoms with Gasteiger partial charge in [0.2, 0.25) is 0 Å². The lowest BCUT2D eigenvalue weighted by molar-refractivity contribution is 0.138. The fraction of sp³-hybridized carbons (Fsp3) is 0.929. The Morgan fingerprint density at radius 3 is 2.63 bits per heavy atom. The van der Waals surface area contributed by atoms with E-state index in [4.69, 9.17) is 4.74 Å². The Morgan fingerprint density at radius 1 is 1.32 bits per heavy atom. The zero-order chi connectivity index (χ0) is 14.0. The number of guanidine groups is 1. The molecule has 19 heavy (non-hydrogen) atoms. The molecule has 0 radical (unpaired) electrons. The lowest BCUT2D eigenvalue weighted by Crippen LogP contribution is -2.44. The van der Waals surface area contributed by atoms with Crippen LogP contribution >= 0.6 is 11.8 Å². The first-order valence-electron chi connectivity index (χ1n) is 7.19. The third-order valence-corrected chi connectivity index (χ3v) is 4.57. The van der Waals surface area contributed by atoms with Crippen molar-refractivity contribution in [3.8, 4) is 0 Å². The summed E-state index contributed by atoms with van der Waals surface area (Å²) in [6.45, 7) is 2.83. The van der Waals surface area contributed by atoms with Crippen LogP contribution in [0.1, 0.15) is 32.1 Å². The van der Waals surface area contributed by atoms with Crippen LogP contribution in [-0.4, -0.2) is 51.8 Å². The van der Waals surface area contributed by atoms with Crippen LogP contribution in [0.2, 0.25) is 0 Å². The van der Waals surface area contributed by atoms with E-state index in [0.717, 1.165) is 37.8 Å². The van der Waals surface area contributed by atoms with Crippen LogP contribution in [0.4, 0.5) is 0 Å². The largest absolute Gasteiger partial charge is 0.385 e. The maximum absolute atomic E-state index is 5.26. The van der Waals surface area contributed by atoms with Crippen LogP contribution in [-0.2, 0) is 4.74 Å². The number of ether oxygens (including phenoxy) is 1. The van der Waals surface area contributed by atoms with E-state index in [-0.39, 0.29) is 0 Å². The summed E-state index contributed by atoms with van der Waals surface area (Å²) in [5.74, 6) is 2.04. The zero-order valence-electron chi connectivity index (χ0n) is 12.6. The summed E-state index contributed by atoms with van der Waals surface area (Å²) in [6.07, 6.45) is 8.60. The van der Waals surface area contributed by atoms with Crippen molar-refractivity contribution >= 4 is 17.7 Å². The number of hydrogen-bond acceptors (Lipinski definition) is 3. The molecule has 5 heteroatoms. The Kier molecular flexibility index (Phi) is 8.30. The van der Waals surface area contributed by atoms with Crippen molar-refractivity contribution in [3.63, 3.8) is 0 Å². The molecule has 0 bridgehead atoms. The average Bonchev–Trinajstić information content (AvgIpc) is 2.90. The van der Waals surface area contributed by atoms with Gasteiger partial charge in [-0.05, 0) is 30.9 Å². The molecule has 1 saturated carbocycles. The van der Waals surface area contributed by atoms with E-state index in [2.05, 4.69) is 21.9 Å². The summed E-state index contributed by atoms with van der Waals surface area (Å²) in [5.41, 5.74) is 0.410. The minimum absolute atomic E-state index is 0.410. The number of methoxy groups -OCH3 is 1. The van der Waals surface area contributed by atoms with Gasteiger partial charge >= 0.3 is 0 Å². The molecule has 0 aromatic heterocycles. The van der Waals surface area contributed by atoms with E-state index in [9.17, 15) is 0 Å². The van der Waals surface area contributed by atoms with E-state index >= 15 is 0 Å². The second kappa shape index (κ2) is 9.48. The summed E-state index contributed by atoms with van der Waals surface area (Å²) in [7, 11) is 3.63. The molecular weight excluding hydrogens is 258 g/mol. The van der Waals surface area contributed by atoms with Crippen molar-refractivity contribution in [2.45, 2.75) is 32.1 Å². The highest BCUT2D eigenvalue weighted by Gasteiger charge is 2.33. The number of aliphatic imine (C=N–C) groups is 1. The summed E-state index contributed by atoms with van der Waals surface area (Å²) >= 11 is 1.85. The van der Waals surface area contributed by atoms with Gasteiger partial charge in [-0.3, -0.25) is 4.99 Å². The van der Waals surface area contributed by atoms with Gasteiger partial charge in [0.25, 0.3) is 0 Å². The van der Waals surface area contributed by atoms with Gasteiger partial charge < -0.3 is 15.4 Å². The monoisotopic (exact) mass is 287 g/mol. The number of nitrogens with one attached hydrogen (secondary N) is 2. The molecule has 0 aliphatic heterocycles. The normalized spacial score (nSPS) is 18.6. The molecule has 1 aliphatic carbocycles. The second-order valence-electron chi connectivity index (χ2n) is 5.30. The molecule has 0 aromatic rings. The highest BCUT2D eigenvalue weighted by atomic mass is 32.2. The highest BCUT2D eigenvalue weighted by molar-refractivity contribution is 7.98. The van der Waals surface area contributed by atoms with Crippen LogP contribution in [0.15, 0.2) is 4.99 Å². The molecule has 4 nitrogen and oxygen atoms in total. The Bertz CT molecular complexity index is 265. The van der Waals surface area contributed by atoms with Crippen molar-refractivity contribution < 1.29 is 4.74 Å². The first-order chi connectivity index (χ1) is 9.26. The van der Waals surface area contributed by atoms with Gasteiger partial charge in [-0.1, -0.05) is 12.8 Å². The molecule has 1 rings (SSSR count). The topological polar surface area (TPSA) is 45.7 Å². The van der Waals surface area contributed by atoms with E-state index in [1.54, 1.807) is 7.11 Å². The maximum Gasteiger partial charge on any atom is 0.191 e. The third kappa shape index (κ3) is 6.04. The number of thioether (sulfide) groups is 1. The Morgan fingerprint density at radius 2 is 2.05 bits per heavy atom. The first-order valence-corrected chi connectivity index (χ1v) is 8.58. The predicted molar refractivity (Wildman–Crippen MR) is 85.1 cm³/mol. The van der Waals surface area contributed by atoms with Gasteiger partial charge in [-0.25, -0.2) is 0 Å². The van der Waals surface area contributed by atoms with E-state index in [1.807, 2.05) is 18.8 Å². The maximum atomic E-state index is 5.26. The fourth-order valence-electron chi connectivity index (χ4n) is 2.72.